The average molecular weight is 322 g/mol. The second kappa shape index (κ2) is 6.79. The maximum absolute atomic E-state index is 12.9. The molecule has 3 rings (SSSR count). The van der Waals surface area contributed by atoms with Crippen molar-refractivity contribution in [2.75, 3.05) is 11.9 Å². The fourth-order valence-corrected chi connectivity index (χ4v) is 2.97. The third-order valence-electron chi connectivity index (χ3n) is 4.06. The van der Waals surface area contributed by atoms with Gasteiger partial charge in [0.05, 0.1) is 5.56 Å². The Morgan fingerprint density at radius 3 is 2.79 bits per heavy atom. The molecule has 0 aromatic heterocycles. The average Bonchev–Trinajstić information content (AvgIpc) is 2.59. The summed E-state index contributed by atoms with van der Waals surface area (Å²) in [6.07, 6.45) is 1.49. The molecule has 24 heavy (non-hydrogen) atoms. The SMILES string of the molecule is C=CCOc1cccc(C2Nc3ccccc3C(=O)N2C(C)C)c1. The van der Waals surface area contributed by atoms with Gasteiger partial charge in [-0.2, -0.15) is 0 Å². The highest BCUT2D eigenvalue weighted by atomic mass is 16.5. The number of carbonyl (C=O) groups excluding carboxylic acids is 1. The van der Waals surface area contributed by atoms with Crippen LogP contribution in [0, 0.1) is 0 Å². The Kier molecular flexibility index (Phi) is 4.56. The van der Waals surface area contributed by atoms with Crippen molar-refractivity contribution in [2.24, 2.45) is 0 Å². The first-order valence-corrected chi connectivity index (χ1v) is 8.13. The number of benzene rings is 2. The fraction of sp³-hybridized carbons (Fsp3) is 0.250. The van der Waals surface area contributed by atoms with E-state index in [0.29, 0.717) is 12.2 Å². The zero-order valence-corrected chi connectivity index (χ0v) is 14.0. The molecule has 0 radical (unpaired) electrons. The summed E-state index contributed by atoms with van der Waals surface area (Å²) in [6, 6.07) is 15.5. The van der Waals surface area contributed by atoms with Crippen LogP contribution < -0.4 is 10.1 Å². The van der Waals surface area contributed by atoms with Crippen LogP contribution in [0.3, 0.4) is 0 Å². The molecule has 0 bridgehead atoms. The Bertz CT molecular complexity index is 755. The summed E-state index contributed by atoms with van der Waals surface area (Å²) in [5.41, 5.74) is 2.57. The summed E-state index contributed by atoms with van der Waals surface area (Å²) >= 11 is 0. The van der Waals surface area contributed by atoms with E-state index in [1.807, 2.05) is 67.3 Å². The Labute approximate surface area is 142 Å². The molecule has 1 unspecified atom stereocenters. The van der Waals surface area contributed by atoms with Crippen LogP contribution in [0.15, 0.2) is 61.2 Å². The first kappa shape index (κ1) is 16.1. The summed E-state index contributed by atoms with van der Waals surface area (Å²) in [7, 11) is 0. The number of rotatable bonds is 5. The normalized spacial score (nSPS) is 16.5. The van der Waals surface area contributed by atoms with E-state index in [0.717, 1.165) is 17.0 Å². The third kappa shape index (κ3) is 3.00. The highest BCUT2D eigenvalue weighted by Gasteiger charge is 2.34. The van der Waals surface area contributed by atoms with E-state index < -0.39 is 0 Å². The third-order valence-corrected chi connectivity index (χ3v) is 4.06. The minimum Gasteiger partial charge on any atom is -0.490 e. The van der Waals surface area contributed by atoms with E-state index in [4.69, 9.17) is 4.74 Å². The maximum Gasteiger partial charge on any atom is 0.258 e. The molecule has 1 amide bonds. The van der Waals surface area contributed by atoms with E-state index in [2.05, 4.69) is 11.9 Å². The number of hydrogen-bond acceptors (Lipinski definition) is 3. The van der Waals surface area contributed by atoms with Gasteiger partial charge in [0.15, 0.2) is 0 Å². The zero-order chi connectivity index (χ0) is 17.1. The minimum atomic E-state index is -0.223. The van der Waals surface area contributed by atoms with Gasteiger partial charge in [0.1, 0.15) is 18.5 Å². The monoisotopic (exact) mass is 322 g/mol. The van der Waals surface area contributed by atoms with Crippen LogP contribution >= 0.6 is 0 Å². The minimum absolute atomic E-state index is 0.0433. The van der Waals surface area contributed by atoms with Crippen molar-refractivity contribution in [2.45, 2.75) is 26.1 Å². The van der Waals surface area contributed by atoms with Crippen LogP contribution in [0.2, 0.25) is 0 Å². The molecule has 0 spiro atoms. The highest BCUT2D eigenvalue weighted by Crippen LogP contribution is 2.35. The van der Waals surface area contributed by atoms with Crippen molar-refractivity contribution in [3.05, 3.63) is 72.3 Å². The van der Waals surface area contributed by atoms with Gasteiger partial charge >= 0.3 is 0 Å². The number of amides is 1. The number of fused-ring (bicyclic) bond motifs is 1. The van der Waals surface area contributed by atoms with Gasteiger partial charge in [-0.05, 0) is 43.7 Å². The number of anilines is 1. The second-order valence-electron chi connectivity index (χ2n) is 6.07. The van der Waals surface area contributed by atoms with Crippen LogP contribution in [0.4, 0.5) is 5.69 Å². The lowest BCUT2D eigenvalue weighted by molar-refractivity contribution is 0.0616. The number of para-hydroxylation sites is 1. The number of hydrogen-bond donors (Lipinski definition) is 1. The molecule has 1 heterocycles. The largest absolute Gasteiger partial charge is 0.490 e. The topological polar surface area (TPSA) is 41.6 Å². The van der Waals surface area contributed by atoms with Gasteiger partial charge in [-0.25, -0.2) is 0 Å². The molecular formula is C20H22N2O2. The van der Waals surface area contributed by atoms with E-state index >= 15 is 0 Å². The fourth-order valence-electron chi connectivity index (χ4n) is 2.97. The number of nitrogens with one attached hydrogen (secondary N) is 1. The lowest BCUT2D eigenvalue weighted by Gasteiger charge is -2.40. The zero-order valence-electron chi connectivity index (χ0n) is 14.0. The maximum atomic E-state index is 12.9. The number of carbonyl (C=O) groups is 1. The Hall–Kier alpha value is -2.75. The quantitative estimate of drug-likeness (QED) is 0.838. The highest BCUT2D eigenvalue weighted by molar-refractivity contribution is 6.01. The molecule has 0 saturated heterocycles. The van der Waals surface area contributed by atoms with Gasteiger partial charge in [-0.1, -0.05) is 36.9 Å². The van der Waals surface area contributed by atoms with Crippen molar-refractivity contribution in [3.8, 4) is 5.75 Å². The molecular weight excluding hydrogens is 300 g/mol. The predicted molar refractivity (Wildman–Crippen MR) is 96.2 cm³/mol. The van der Waals surface area contributed by atoms with E-state index in [1.54, 1.807) is 6.08 Å². The Morgan fingerprint density at radius 2 is 2.04 bits per heavy atom. The van der Waals surface area contributed by atoms with Crippen molar-refractivity contribution >= 4 is 11.6 Å². The summed E-state index contributed by atoms with van der Waals surface area (Å²) < 4.78 is 5.63. The van der Waals surface area contributed by atoms with Crippen LogP contribution in [0.5, 0.6) is 5.75 Å². The smallest absolute Gasteiger partial charge is 0.258 e. The molecule has 2 aromatic rings. The molecule has 0 fully saturated rings. The molecule has 4 nitrogen and oxygen atoms in total. The van der Waals surface area contributed by atoms with E-state index in [1.165, 1.54) is 0 Å². The summed E-state index contributed by atoms with van der Waals surface area (Å²) in [5.74, 6) is 0.811. The van der Waals surface area contributed by atoms with Crippen LogP contribution in [0.25, 0.3) is 0 Å². The van der Waals surface area contributed by atoms with Crippen molar-refractivity contribution in [1.82, 2.24) is 4.90 Å². The van der Waals surface area contributed by atoms with Gasteiger partial charge < -0.3 is 15.0 Å². The molecule has 4 heteroatoms. The predicted octanol–water partition coefficient (Wildman–Crippen LogP) is 4.23. The van der Waals surface area contributed by atoms with Gasteiger partial charge in [0.25, 0.3) is 5.91 Å². The van der Waals surface area contributed by atoms with Gasteiger partial charge in [-0.15, -0.1) is 0 Å². The Morgan fingerprint density at radius 1 is 1.25 bits per heavy atom. The molecule has 1 atom stereocenters. The summed E-state index contributed by atoms with van der Waals surface area (Å²) in [4.78, 5) is 14.8. The second-order valence-corrected chi connectivity index (χ2v) is 6.07. The van der Waals surface area contributed by atoms with Gasteiger partial charge in [-0.3, -0.25) is 4.79 Å². The molecule has 0 saturated carbocycles. The first-order valence-electron chi connectivity index (χ1n) is 8.13. The lowest BCUT2D eigenvalue weighted by atomic mass is 10.0. The number of ether oxygens (including phenoxy) is 1. The molecule has 0 aliphatic carbocycles. The van der Waals surface area contributed by atoms with Crippen LogP contribution in [-0.2, 0) is 0 Å². The molecule has 1 N–H and O–H groups in total. The lowest BCUT2D eigenvalue weighted by Crippen LogP contribution is -2.46. The van der Waals surface area contributed by atoms with E-state index in [-0.39, 0.29) is 18.1 Å². The number of nitrogens with zero attached hydrogens (tertiary/aromatic N) is 1. The summed E-state index contributed by atoms with van der Waals surface area (Å²) in [6.45, 7) is 8.18. The van der Waals surface area contributed by atoms with Crippen LogP contribution in [0.1, 0.15) is 35.9 Å². The van der Waals surface area contributed by atoms with E-state index in [9.17, 15) is 4.79 Å². The molecule has 1 aliphatic rings. The molecule has 124 valence electrons. The molecule has 1 aliphatic heterocycles. The Balaban J connectivity index is 1.99. The van der Waals surface area contributed by atoms with Gasteiger partial charge in [0.2, 0.25) is 0 Å². The van der Waals surface area contributed by atoms with Gasteiger partial charge in [0, 0.05) is 11.7 Å². The standard InChI is InChI=1S/C20H22N2O2/c1-4-12-24-16-9-7-8-15(13-16)19-21-18-11-6-5-10-17(18)20(23)22(19)14(2)3/h4-11,13-14,19,21H,1,12H2,2-3H3. The van der Waals surface area contributed by atoms with Crippen LogP contribution in [-0.4, -0.2) is 23.5 Å². The van der Waals surface area contributed by atoms with Crippen molar-refractivity contribution in [1.29, 1.82) is 0 Å². The van der Waals surface area contributed by atoms with Crippen molar-refractivity contribution < 1.29 is 9.53 Å². The summed E-state index contributed by atoms with van der Waals surface area (Å²) in [5, 5.41) is 3.49. The van der Waals surface area contributed by atoms with Crippen molar-refractivity contribution in [3.63, 3.8) is 0 Å². The first-order chi connectivity index (χ1) is 11.6. The molecule has 2 aromatic carbocycles.